The van der Waals surface area contributed by atoms with Crippen molar-refractivity contribution in [1.29, 1.82) is 0 Å². The predicted octanol–water partition coefficient (Wildman–Crippen LogP) is 3.92. The van der Waals surface area contributed by atoms with Gasteiger partial charge in [-0.1, -0.05) is 25.4 Å². The van der Waals surface area contributed by atoms with E-state index in [4.69, 9.17) is 11.6 Å². The van der Waals surface area contributed by atoms with Crippen LogP contribution in [-0.4, -0.2) is 37.8 Å². The number of carbonyl (C=O) groups is 1. The minimum absolute atomic E-state index is 0.00381. The first-order valence-electron chi connectivity index (χ1n) is 9.01. The molecule has 0 aliphatic carbocycles. The third-order valence-electron chi connectivity index (χ3n) is 5.08. The van der Waals surface area contributed by atoms with Gasteiger partial charge in [-0.25, -0.2) is 8.42 Å². The molecular weight excluding hydrogens is 417 g/mol. The van der Waals surface area contributed by atoms with Crippen molar-refractivity contribution in [3.8, 4) is 0 Å². The van der Waals surface area contributed by atoms with Gasteiger partial charge in [0.1, 0.15) is 0 Å². The molecule has 1 heterocycles. The fraction of sp³-hybridized carbons (Fsp3) is 0.611. The van der Waals surface area contributed by atoms with E-state index in [1.165, 1.54) is 0 Å². The molecule has 1 N–H and O–H groups in total. The summed E-state index contributed by atoms with van der Waals surface area (Å²) in [6, 6.07) is 2.56. The molecule has 158 valence electrons. The van der Waals surface area contributed by atoms with Gasteiger partial charge < -0.3 is 5.32 Å². The molecule has 1 fully saturated rings. The minimum atomic E-state index is -4.75. The number of halogens is 4. The van der Waals surface area contributed by atoms with Crippen molar-refractivity contribution < 1.29 is 26.4 Å². The third-order valence-corrected chi connectivity index (χ3v) is 7.30. The van der Waals surface area contributed by atoms with Crippen molar-refractivity contribution in [1.82, 2.24) is 9.62 Å². The van der Waals surface area contributed by atoms with Crippen molar-refractivity contribution in [3.05, 3.63) is 28.8 Å². The summed E-state index contributed by atoms with van der Waals surface area (Å²) in [6.45, 7) is 6.02. The van der Waals surface area contributed by atoms with Gasteiger partial charge >= 0.3 is 6.18 Å². The number of benzene rings is 1. The quantitative estimate of drug-likeness (QED) is 0.754. The summed E-state index contributed by atoms with van der Waals surface area (Å²) in [5.74, 6) is -0.162. The van der Waals surface area contributed by atoms with Gasteiger partial charge in [0.2, 0.25) is 15.9 Å². The van der Waals surface area contributed by atoms with Crippen molar-refractivity contribution in [2.45, 2.75) is 50.7 Å². The fourth-order valence-electron chi connectivity index (χ4n) is 2.90. The van der Waals surface area contributed by atoms with Crippen LogP contribution in [-0.2, 0) is 21.0 Å². The zero-order chi connectivity index (χ0) is 21.3. The monoisotopic (exact) mass is 440 g/mol. The summed E-state index contributed by atoms with van der Waals surface area (Å²) < 4.78 is 65.7. The maximum atomic E-state index is 13.0. The fourth-order valence-corrected chi connectivity index (χ4v) is 4.62. The molecule has 2 rings (SSSR count). The summed E-state index contributed by atoms with van der Waals surface area (Å²) in [7, 11) is -4.10. The van der Waals surface area contributed by atoms with Gasteiger partial charge in [0, 0.05) is 25.0 Å². The van der Waals surface area contributed by atoms with Crippen molar-refractivity contribution in [2.24, 2.45) is 11.8 Å². The normalized spacial score (nSPS) is 18.3. The van der Waals surface area contributed by atoms with Crippen molar-refractivity contribution >= 4 is 27.5 Å². The topological polar surface area (TPSA) is 66.5 Å². The average Bonchev–Trinajstić information content (AvgIpc) is 2.60. The Labute approximate surface area is 168 Å². The second-order valence-electron chi connectivity index (χ2n) is 7.36. The van der Waals surface area contributed by atoms with E-state index in [-0.39, 0.29) is 36.9 Å². The van der Waals surface area contributed by atoms with Gasteiger partial charge in [0.25, 0.3) is 0 Å². The summed E-state index contributed by atoms with van der Waals surface area (Å²) in [5, 5.41) is 2.36. The van der Waals surface area contributed by atoms with Crippen LogP contribution in [0.15, 0.2) is 23.1 Å². The molecular formula is C18H24ClF3N2O3S. The lowest BCUT2D eigenvalue weighted by molar-refractivity contribution is -0.137. The Morgan fingerprint density at radius 3 is 2.29 bits per heavy atom. The van der Waals surface area contributed by atoms with Crippen LogP contribution in [0.4, 0.5) is 13.2 Å². The lowest BCUT2D eigenvalue weighted by Gasteiger charge is -2.31. The maximum absolute atomic E-state index is 13.0. The van der Waals surface area contributed by atoms with Crippen molar-refractivity contribution in [3.63, 3.8) is 0 Å². The van der Waals surface area contributed by atoms with E-state index in [1.807, 2.05) is 20.8 Å². The van der Waals surface area contributed by atoms with Crippen LogP contribution < -0.4 is 5.32 Å². The molecule has 1 saturated heterocycles. The number of alkyl halides is 3. The Morgan fingerprint density at radius 2 is 1.79 bits per heavy atom. The van der Waals surface area contributed by atoms with E-state index in [0.717, 1.165) is 16.4 Å². The Balaban J connectivity index is 2.10. The Hall–Kier alpha value is -1.32. The largest absolute Gasteiger partial charge is 0.417 e. The van der Waals surface area contributed by atoms with Gasteiger partial charge in [-0.15, -0.1) is 0 Å². The molecule has 0 bridgehead atoms. The standard InChI is InChI=1S/C18H24ClF3N2O3S/c1-11(2)12(3)23-17(25)13-6-8-24(9-7-13)28(26,27)14-4-5-16(19)15(10-14)18(20,21)22/h4-5,10-13H,6-9H2,1-3H3,(H,23,25). The molecule has 5 nitrogen and oxygen atoms in total. The first-order chi connectivity index (χ1) is 12.8. The zero-order valence-corrected chi connectivity index (χ0v) is 17.5. The lowest BCUT2D eigenvalue weighted by atomic mass is 9.96. The minimum Gasteiger partial charge on any atom is -0.353 e. The van der Waals surface area contributed by atoms with Crippen molar-refractivity contribution in [2.75, 3.05) is 13.1 Å². The molecule has 0 spiro atoms. The van der Waals surface area contributed by atoms with Crippen LogP contribution in [0.25, 0.3) is 0 Å². The first kappa shape index (κ1) is 23.0. The lowest BCUT2D eigenvalue weighted by Crippen LogP contribution is -2.45. The molecule has 1 amide bonds. The Kier molecular flexibility index (Phi) is 7.04. The molecule has 1 unspecified atom stereocenters. The van der Waals surface area contributed by atoms with Gasteiger partial charge in [-0.05, 0) is 43.9 Å². The zero-order valence-electron chi connectivity index (χ0n) is 15.9. The molecule has 1 aromatic rings. The van der Waals surface area contributed by atoms with E-state index in [9.17, 15) is 26.4 Å². The Morgan fingerprint density at radius 1 is 1.21 bits per heavy atom. The van der Waals surface area contributed by atoms with E-state index in [2.05, 4.69) is 5.32 Å². The number of amides is 1. The molecule has 10 heteroatoms. The van der Waals surface area contributed by atoms with Gasteiger partial charge in [-0.3, -0.25) is 4.79 Å². The molecule has 28 heavy (non-hydrogen) atoms. The molecule has 0 saturated carbocycles. The highest BCUT2D eigenvalue weighted by Crippen LogP contribution is 2.36. The van der Waals surface area contributed by atoms with Crippen LogP contribution in [0.2, 0.25) is 5.02 Å². The third kappa shape index (κ3) is 5.18. The van der Waals surface area contributed by atoms with Crippen LogP contribution >= 0.6 is 11.6 Å². The van der Waals surface area contributed by atoms with Gasteiger partial charge in [-0.2, -0.15) is 17.5 Å². The SMILES string of the molecule is CC(C)C(C)NC(=O)C1CCN(S(=O)(=O)c2ccc(Cl)c(C(F)(F)F)c2)CC1. The smallest absolute Gasteiger partial charge is 0.353 e. The first-order valence-corrected chi connectivity index (χ1v) is 10.8. The van der Waals surface area contributed by atoms with E-state index < -0.39 is 31.7 Å². The highest BCUT2D eigenvalue weighted by molar-refractivity contribution is 7.89. The Bertz CT molecular complexity index is 820. The predicted molar refractivity (Wildman–Crippen MR) is 100 cm³/mol. The molecule has 1 aliphatic heterocycles. The number of piperidine rings is 1. The summed E-state index contributed by atoms with van der Waals surface area (Å²) >= 11 is 5.56. The number of nitrogens with one attached hydrogen (secondary N) is 1. The number of rotatable bonds is 5. The summed E-state index contributed by atoms with van der Waals surface area (Å²) in [4.78, 5) is 11.9. The maximum Gasteiger partial charge on any atom is 0.417 e. The average molecular weight is 441 g/mol. The van der Waals surface area contributed by atoms with E-state index in [0.29, 0.717) is 18.9 Å². The van der Waals surface area contributed by atoms with Gasteiger partial charge in [0.05, 0.1) is 15.5 Å². The number of hydrogen-bond acceptors (Lipinski definition) is 3. The van der Waals surface area contributed by atoms with Crippen LogP contribution in [0.1, 0.15) is 39.2 Å². The van der Waals surface area contributed by atoms with Crippen LogP contribution in [0.5, 0.6) is 0 Å². The van der Waals surface area contributed by atoms with E-state index >= 15 is 0 Å². The van der Waals surface area contributed by atoms with Crippen LogP contribution in [0.3, 0.4) is 0 Å². The number of hydrogen-bond donors (Lipinski definition) is 1. The summed E-state index contributed by atoms with van der Waals surface area (Å²) in [6.07, 6.45) is -4.12. The molecule has 0 aromatic heterocycles. The number of nitrogens with zero attached hydrogens (tertiary/aromatic N) is 1. The summed E-state index contributed by atoms with van der Waals surface area (Å²) in [5.41, 5.74) is -1.19. The molecule has 1 aromatic carbocycles. The second-order valence-corrected chi connectivity index (χ2v) is 9.70. The molecule has 1 atom stereocenters. The highest BCUT2D eigenvalue weighted by Gasteiger charge is 2.37. The number of sulfonamides is 1. The van der Waals surface area contributed by atoms with E-state index in [1.54, 1.807) is 0 Å². The molecule has 1 aliphatic rings. The highest BCUT2D eigenvalue weighted by atomic mass is 35.5. The van der Waals surface area contributed by atoms with Gasteiger partial charge in [0.15, 0.2) is 0 Å². The molecule has 0 radical (unpaired) electrons. The van der Waals surface area contributed by atoms with Crippen LogP contribution in [0, 0.1) is 11.8 Å². The second kappa shape index (κ2) is 8.59. The number of carbonyl (C=O) groups excluding carboxylic acids is 1.